The number of carbonyl (C=O) groups excluding carboxylic acids is 1. The molecule has 0 bridgehead atoms. The van der Waals surface area contributed by atoms with Crippen LogP contribution in [0.2, 0.25) is 0 Å². The summed E-state index contributed by atoms with van der Waals surface area (Å²) in [6, 6.07) is 24.8. The van der Waals surface area contributed by atoms with E-state index in [1.54, 1.807) is 18.2 Å². The van der Waals surface area contributed by atoms with Crippen LogP contribution in [0, 0.1) is 10.1 Å². The van der Waals surface area contributed by atoms with Crippen molar-refractivity contribution in [2.45, 2.75) is 6.61 Å². The molecule has 0 radical (unpaired) electrons. The van der Waals surface area contributed by atoms with Crippen LogP contribution in [-0.2, 0) is 11.3 Å². The van der Waals surface area contributed by atoms with Crippen molar-refractivity contribution in [3.8, 4) is 0 Å². The van der Waals surface area contributed by atoms with Crippen molar-refractivity contribution >= 4 is 23.6 Å². The van der Waals surface area contributed by atoms with Crippen molar-refractivity contribution in [2.75, 3.05) is 0 Å². The van der Waals surface area contributed by atoms with Crippen molar-refractivity contribution in [2.24, 2.45) is 0 Å². The molecule has 28 heavy (non-hydrogen) atoms. The van der Waals surface area contributed by atoms with Gasteiger partial charge in [0.2, 0.25) is 0 Å². The van der Waals surface area contributed by atoms with Crippen LogP contribution in [0.15, 0.2) is 84.9 Å². The molecule has 6 nitrogen and oxygen atoms in total. The number of amides is 1. The predicted molar refractivity (Wildman–Crippen MR) is 107 cm³/mol. The Morgan fingerprint density at radius 2 is 1.54 bits per heavy atom. The zero-order chi connectivity index (χ0) is 19.8. The molecule has 0 saturated heterocycles. The zero-order valence-corrected chi connectivity index (χ0v) is 14.9. The highest BCUT2D eigenvalue weighted by Crippen LogP contribution is 2.20. The fourth-order valence-corrected chi connectivity index (χ4v) is 2.54. The lowest BCUT2D eigenvalue weighted by molar-refractivity contribution is -0.384. The number of carbonyl (C=O) groups is 1. The van der Waals surface area contributed by atoms with Gasteiger partial charge >= 0.3 is 6.09 Å². The third-order valence-electron chi connectivity index (χ3n) is 3.95. The number of non-ortho nitro benzene ring substituents is 1. The summed E-state index contributed by atoms with van der Waals surface area (Å²) in [6.45, 7) is 0.144. The van der Waals surface area contributed by atoms with Crippen LogP contribution >= 0.6 is 0 Å². The second-order valence-electron chi connectivity index (χ2n) is 5.96. The first kappa shape index (κ1) is 18.8. The van der Waals surface area contributed by atoms with Gasteiger partial charge in [-0.1, -0.05) is 60.7 Å². The highest BCUT2D eigenvalue weighted by Gasteiger charge is 2.11. The Bertz CT molecular complexity index is 968. The van der Waals surface area contributed by atoms with Gasteiger partial charge < -0.3 is 4.74 Å². The van der Waals surface area contributed by atoms with E-state index in [-0.39, 0.29) is 12.3 Å². The Hall–Kier alpha value is -3.93. The van der Waals surface area contributed by atoms with Crippen molar-refractivity contribution < 1.29 is 14.5 Å². The Morgan fingerprint density at radius 1 is 0.929 bits per heavy atom. The quantitative estimate of drug-likeness (QED) is 0.373. The molecule has 0 aliphatic heterocycles. The summed E-state index contributed by atoms with van der Waals surface area (Å²) >= 11 is 0. The fraction of sp³-hybridized carbons (Fsp3) is 0.0455. The Balaban J connectivity index is 1.79. The van der Waals surface area contributed by atoms with Crippen molar-refractivity contribution in [1.29, 1.82) is 0 Å². The summed E-state index contributed by atoms with van der Waals surface area (Å²) < 4.78 is 5.28. The maximum atomic E-state index is 12.3. The molecule has 1 amide bonds. The van der Waals surface area contributed by atoms with Gasteiger partial charge in [0.05, 0.1) is 10.6 Å². The van der Waals surface area contributed by atoms with E-state index >= 15 is 0 Å². The normalized spacial score (nSPS) is 10.9. The largest absolute Gasteiger partial charge is 0.444 e. The highest BCUT2D eigenvalue weighted by atomic mass is 16.6. The number of nitro groups is 1. The maximum absolute atomic E-state index is 12.3. The second-order valence-corrected chi connectivity index (χ2v) is 5.96. The molecule has 0 aliphatic rings. The van der Waals surface area contributed by atoms with Crippen molar-refractivity contribution in [3.05, 3.63) is 112 Å². The monoisotopic (exact) mass is 374 g/mol. The van der Waals surface area contributed by atoms with E-state index in [2.05, 4.69) is 5.32 Å². The van der Waals surface area contributed by atoms with Crippen LogP contribution < -0.4 is 5.32 Å². The van der Waals surface area contributed by atoms with E-state index in [0.717, 1.165) is 11.1 Å². The van der Waals surface area contributed by atoms with Crippen LogP contribution in [0.3, 0.4) is 0 Å². The van der Waals surface area contributed by atoms with Gasteiger partial charge in [0.15, 0.2) is 0 Å². The van der Waals surface area contributed by atoms with Gasteiger partial charge in [-0.05, 0) is 34.9 Å². The number of rotatable bonds is 6. The number of nitro benzene ring substituents is 1. The van der Waals surface area contributed by atoms with Gasteiger partial charge in [-0.15, -0.1) is 0 Å². The summed E-state index contributed by atoms with van der Waals surface area (Å²) in [5, 5.41) is 13.6. The Kier molecular flexibility index (Phi) is 6.15. The minimum atomic E-state index is -0.607. The lowest BCUT2D eigenvalue weighted by atomic mass is 10.1. The smallest absolute Gasteiger partial charge is 0.411 e. The first-order chi connectivity index (χ1) is 13.6. The third-order valence-corrected chi connectivity index (χ3v) is 3.95. The average Bonchev–Trinajstić information content (AvgIpc) is 2.73. The molecular formula is C22H18N2O4. The summed E-state index contributed by atoms with van der Waals surface area (Å²) in [4.78, 5) is 22.7. The first-order valence-electron chi connectivity index (χ1n) is 8.61. The molecule has 6 heteroatoms. The number of nitrogens with zero attached hydrogens (tertiary/aromatic N) is 1. The third kappa shape index (κ3) is 5.28. The number of hydrogen-bond acceptors (Lipinski definition) is 4. The molecule has 0 spiro atoms. The number of ether oxygens (including phenoxy) is 1. The van der Waals surface area contributed by atoms with Crippen LogP contribution in [0.25, 0.3) is 11.8 Å². The Morgan fingerprint density at radius 3 is 2.14 bits per heavy atom. The maximum Gasteiger partial charge on any atom is 0.411 e. The van der Waals surface area contributed by atoms with Crippen LogP contribution in [0.4, 0.5) is 10.5 Å². The van der Waals surface area contributed by atoms with Gasteiger partial charge in [0, 0.05) is 12.1 Å². The van der Waals surface area contributed by atoms with E-state index in [1.807, 2.05) is 60.7 Å². The molecule has 0 atom stereocenters. The molecule has 0 aromatic heterocycles. The second kappa shape index (κ2) is 9.14. The number of benzene rings is 3. The molecule has 0 saturated carbocycles. The minimum absolute atomic E-state index is 0.0190. The van der Waals surface area contributed by atoms with E-state index in [1.165, 1.54) is 12.1 Å². The van der Waals surface area contributed by atoms with Gasteiger partial charge in [-0.2, -0.15) is 0 Å². The molecule has 140 valence electrons. The molecule has 0 aliphatic carbocycles. The van der Waals surface area contributed by atoms with E-state index in [0.29, 0.717) is 11.3 Å². The van der Waals surface area contributed by atoms with Crippen molar-refractivity contribution in [3.63, 3.8) is 0 Å². The van der Waals surface area contributed by atoms with Crippen LogP contribution in [0.5, 0.6) is 0 Å². The number of hydrogen-bond donors (Lipinski definition) is 1. The average molecular weight is 374 g/mol. The molecule has 0 heterocycles. The molecule has 0 unspecified atom stereocenters. The van der Waals surface area contributed by atoms with E-state index in [9.17, 15) is 14.9 Å². The standard InChI is InChI=1S/C22H18N2O4/c25-22(28-16-18-9-5-2-6-10-18)23-21(15-17-7-3-1-4-8-17)19-11-13-20(14-12-19)24(26)27/h1-15H,16H2,(H,23,25). The molecule has 3 rings (SSSR count). The van der Waals surface area contributed by atoms with Crippen molar-refractivity contribution in [1.82, 2.24) is 5.32 Å². The molecule has 0 fully saturated rings. The fourth-order valence-electron chi connectivity index (χ4n) is 2.54. The molecular weight excluding hydrogens is 356 g/mol. The van der Waals surface area contributed by atoms with Gasteiger partial charge in [-0.25, -0.2) is 4.79 Å². The number of alkyl carbamates (subject to hydrolysis) is 1. The molecule has 3 aromatic rings. The Labute approximate surface area is 162 Å². The summed E-state index contributed by atoms with van der Waals surface area (Å²) in [7, 11) is 0. The number of nitrogens with one attached hydrogen (secondary N) is 1. The van der Waals surface area contributed by atoms with Crippen LogP contribution in [-0.4, -0.2) is 11.0 Å². The topological polar surface area (TPSA) is 81.5 Å². The lowest BCUT2D eigenvalue weighted by Gasteiger charge is -2.11. The summed E-state index contributed by atoms with van der Waals surface area (Å²) in [6.07, 6.45) is 1.18. The molecule has 1 N–H and O–H groups in total. The molecule has 3 aromatic carbocycles. The lowest BCUT2D eigenvalue weighted by Crippen LogP contribution is -2.22. The van der Waals surface area contributed by atoms with Crippen LogP contribution in [0.1, 0.15) is 16.7 Å². The van der Waals surface area contributed by atoms with Gasteiger partial charge in [-0.3, -0.25) is 15.4 Å². The SMILES string of the molecule is O=C(NC(=Cc1ccccc1)c1ccc([N+](=O)[O-])cc1)OCc1ccccc1. The highest BCUT2D eigenvalue weighted by molar-refractivity contribution is 5.89. The predicted octanol–water partition coefficient (Wildman–Crippen LogP) is 5.02. The van der Waals surface area contributed by atoms with E-state index in [4.69, 9.17) is 4.74 Å². The van der Waals surface area contributed by atoms with E-state index < -0.39 is 11.0 Å². The minimum Gasteiger partial charge on any atom is -0.444 e. The summed E-state index contributed by atoms with van der Waals surface area (Å²) in [5.74, 6) is 0. The van der Waals surface area contributed by atoms with Gasteiger partial charge in [0.1, 0.15) is 6.61 Å². The van der Waals surface area contributed by atoms with Gasteiger partial charge in [0.25, 0.3) is 5.69 Å². The summed E-state index contributed by atoms with van der Waals surface area (Å²) in [5.41, 5.74) is 2.85. The first-order valence-corrected chi connectivity index (χ1v) is 8.61. The zero-order valence-electron chi connectivity index (χ0n) is 14.9.